The monoisotopic (exact) mass is 287 g/mol. The lowest BCUT2D eigenvalue weighted by atomic mass is 10.1. The molecule has 0 fully saturated rings. The number of aromatic nitrogens is 2. The lowest BCUT2D eigenvalue weighted by Gasteiger charge is -2.09. The van der Waals surface area contributed by atoms with Crippen molar-refractivity contribution in [2.75, 3.05) is 19.8 Å². The highest BCUT2D eigenvalue weighted by Crippen LogP contribution is 2.34. The molecule has 0 atom stereocenters. The van der Waals surface area contributed by atoms with E-state index in [1.165, 1.54) is 5.56 Å². The maximum atomic E-state index is 5.76. The van der Waals surface area contributed by atoms with Crippen LogP contribution in [0.1, 0.15) is 18.9 Å². The molecular weight excluding hydrogens is 266 g/mol. The molecule has 3 rings (SSSR count). The molecule has 1 N–H and O–H groups in total. The van der Waals surface area contributed by atoms with Gasteiger partial charge in [0.25, 0.3) is 0 Å². The van der Waals surface area contributed by atoms with E-state index in [4.69, 9.17) is 9.47 Å². The largest absolute Gasteiger partial charge is 0.490 e. The summed E-state index contributed by atoms with van der Waals surface area (Å²) < 4.78 is 13.3. The Morgan fingerprint density at radius 2 is 2.05 bits per heavy atom. The Morgan fingerprint density at radius 1 is 1.24 bits per heavy atom. The van der Waals surface area contributed by atoms with Crippen LogP contribution in [0.4, 0.5) is 0 Å². The fourth-order valence-corrected chi connectivity index (χ4v) is 2.48. The summed E-state index contributed by atoms with van der Waals surface area (Å²) in [6, 6.07) is 6.05. The number of nitrogens with one attached hydrogen (secondary N) is 1. The fraction of sp³-hybridized carbons (Fsp3) is 0.438. The average molecular weight is 287 g/mol. The predicted molar refractivity (Wildman–Crippen MR) is 81.6 cm³/mol. The quantitative estimate of drug-likeness (QED) is 0.938. The van der Waals surface area contributed by atoms with Crippen LogP contribution in [-0.4, -0.2) is 29.5 Å². The van der Waals surface area contributed by atoms with Crippen LogP contribution in [0.15, 0.2) is 24.4 Å². The van der Waals surface area contributed by atoms with E-state index in [1.54, 1.807) is 0 Å². The van der Waals surface area contributed by atoms with Crippen molar-refractivity contribution in [2.24, 2.45) is 7.05 Å². The Kier molecular flexibility index (Phi) is 4.10. The molecule has 1 aliphatic rings. The highest BCUT2D eigenvalue weighted by atomic mass is 16.5. The van der Waals surface area contributed by atoms with Crippen LogP contribution in [0.2, 0.25) is 0 Å². The smallest absolute Gasteiger partial charge is 0.161 e. The maximum absolute atomic E-state index is 5.76. The molecule has 0 saturated carbocycles. The van der Waals surface area contributed by atoms with Crippen molar-refractivity contribution in [3.8, 4) is 22.8 Å². The zero-order chi connectivity index (χ0) is 14.7. The predicted octanol–water partition coefficient (Wildman–Crippen LogP) is 2.36. The molecule has 0 radical (unpaired) electrons. The van der Waals surface area contributed by atoms with E-state index in [0.29, 0.717) is 13.2 Å². The third kappa shape index (κ3) is 3.03. The number of aryl methyl sites for hydroxylation is 1. The third-order valence-corrected chi connectivity index (χ3v) is 3.49. The van der Waals surface area contributed by atoms with E-state index >= 15 is 0 Å². The molecule has 0 saturated heterocycles. The van der Waals surface area contributed by atoms with Crippen LogP contribution in [0.3, 0.4) is 0 Å². The van der Waals surface area contributed by atoms with E-state index in [9.17, 15) is 0 Å². The molecular formula is C16H21N3O2. The second-order valence-corrected chi connectivity index (χ2v) is 5.17. The Bertz CT molecular complexity index is 622. The first kappa shape index (κ1) is 13.9. The second kappa shape index (κ2) is 6.18. The van der Waals surface area contributed by atoms with Gasteiger partial charge in [-0.05, 0) is 24.7 Å². The topological polar surface area (TPSA) is 48.3 Å². The SMILES string of the molecule is CCNCc1cn(C)nc1-c1ccc2c(c1)OCCCO2. The summed E-state index contributed by atoms with van der Waals surface area (Å²) in [5.74, 6) is 1.63. The van der Waals surface area contributed by atoms with E-state index in [0.717, 1.165) is 42.3 Å². The summed E-state index contributed by atoms with van der Waals surface area (Å²) in [6.45, 7) is 5.26. The molecule has 0 unspecified atom stereocenters. The molecule has 1 aliphatic heterocycles. The summed E-state index contributed by atoms with van der Waals surface area (Å²) in [5, 5.41) is 7.94. The normalized spacial score (nSPS) is 14.0. The number of hydrogen-bond donors (Lipinski definition) is 1. The molecule has 2 aromatic rings. The highest BCUT2D eigenvalue weighted by molar-refractivity contribution is 5.66. The van der Waals surface area contributed by atoms with Gasteiger partial charge in [-0.3, -0.25) is 4.68 Å². The molecule has 1 aromatic heterocycles. The van der Waals surface area contributed by atoms with Crippen LogP contribution in [-0.2, 0) is 13.6 Å². The molecule has 5 heteroatoms. The molecule has 112 valence electrons. The zero-order valence-corrected chi connectivity index (χ0v) is 12.6. The van der Waals surface area contributed by atoms with Gasteiger partial charge < -0.3 is 14.8 Å². The first-order valence-electron chi connectivity index (χ1n) is 7.41. The summed E-state index contributed by atoms with van der Waals surface area (Å²) >= 11 is 0. The Morgan fingerprint density at radius 3 is 2.86 bits per heavy atom. The summed E-state index contributed by atoms with van der Waals surface area (Å²) in [5.41, 5.74) is 3.25. The Hall–Kier alpha value is -2.01. The molecule has 0 spiro atoms. The average Bonchev–Trinajstić information content (AvgIpc) is 2.71. The maximum Gasteiger partial charge on any atom is 0.161 e. The van der Waals surface area contributed by atoms with Crippen LogP contribution in [0, 0.1) is 0 Å². The number of benzene rings is 1. The van der Waals surface area contributed by atoms with E-state index in [1.807, 2.05) is 29.9 Å². The summed E-state index contributed by atoms with van der Waals surface area (Å²) in [7, 11) is 1.95. The molecule has 1 aromatic carbocycles. The van der Waals surface area contributed by atoms with Crippen molar-refractivity contribution >= 4 is 0 Å². The fourth-order valence-electron chi connectivity index (χ4n) is 2.48. The van der Waals surface area contributed by atoms with Crippen LogP contribution < -0.4 is 14.8 Å². The Balaban J connectivity index is 1.95. The molecule has 0 bridgehead atoms. The van der Waals surface area contributed by atoms with Gasteiger partial charge in [-0.25, -0.2) is 0 Å². The van der Waals surface area contributed by atoms with Gasteiger partial charge in [0.05, 0.1) is 18.9 Å². The number of nitrogens with zero attached hydrogens (tertiary/aromatic N) is 2. The highest BCUT2D eigenvalue weighted by Gasteiger charge is 2.15. The molecule has 0 amide bonds. The summed E-state index contributed by atoms with van der Waals surface area (Å²) in [6.07, 6.45) is 2.97. The van der Waals surface area contributed by atoms with Gasteiger partial charge in [-0.1, -0.05) is 6.92 Å². The first-order valence-corrected chi connectivity index (χ1v) is 7.41. The number of rotatable bonds is 4. The number of ether oxygens (including phenoxy) is 2. The van der Waals surface area contributed by atoms with Gasteiger partial charge in [-0.15, -0.1) is 0 Å². The standard InChI is InChI=1S/C16H21N3O2/c1-3-17-10-13-11-19(2)18-16(13)12-5-6-14-15(9-12)21-8-4-7-20-14/h5-6,9,11,17H,3-4,7-8,10H2,1-2H3. The van der Waals surface area contributed by atoms with Crippen molar-refractivity contribution in [1.82, 2.24) is 15.1 Å². The lowest BCUT2D eigenvalue weighted by Crippen LogP contribution is -2.11. The van der Waals surface area contributed by atoms with E-state index in [2.05, 4.69) is 23.5 Å². The van der Waals surface area contributed by atoms with Crippen LogP contribution in [0.25, 0.3) is 11.3 Å². The number of hydrogen-bond acceptors (Lipinski definition) is 4. The van der Waals surface area contributed by atoms with Gasteiger partial charge in [0.15, 0.2) is 11.5 Å². The van der Waals surface area contributed by atoms with Gasteiger partial charge in [0.1, 0.15) is 0 Å². The zero-order valence-electron chi connectivity index (χ0n) is 12.6. The minimum Gasteiger partial charge on any atom is -0.490 e. The second-order valence-electron chi connectivity index (χ2n) is 5.17. The van der Waals surface area contributed by atoms with Crippen molar-refractivity contribution in [3.05, 3.63) is 30.0 Å². The first-order chi connectivity index (χ1) is 10.3. The van der Waals surface area contributed by atoms with Crippen LogP contribution >= 0.6 is 0 Å². The van der Waals surface area contributed by atoms with Crippen LogP contribution in [0.5, 0.6) is 11.5 Å². The lowest BCUT2D eigenvalue weighted by molar-refractivity contribution is 0.297. The molecule has 5 nitrogen and oxygen atoms in total. The molecule has 21 heavy (non-hydrogen) atoms. The molecule has 2 heterocycles. The van der Waals surface area contributed by atoms with Gasteiger partial charge in [0, 0.05) is 37.3 Å². The van der Waals surface area contributed by atoms with Gasteiger partial charge in [-0.2, -0.15) is 5.10 Å². The van der Waals surface area contributed by atoms with Gasteiger partial charge in [0.2, 0.25) is 0 Å². The van der Waals surface area contributed by atoms with Crippen molar-refractivity contribution < 1.29 is 9.47 Å². The number of fused-ring (bicyclic) bond motifs is 1. The van der Waals surface area contributed by atoms with Crippen molar-refractivity contribution in [2.45, 2.75) is 19.9 Å². The van der Waals surface area contributed by atoms with E-state index in [-0.39, 0.29) is 0 Å². The van der Waals surface area contributed by atoms with Crippen molar-refractivity contribution in [1.29, 1.82) is 0 Å². The Labute approximate surface area is 124 Å². The minimum atomic E-state index is 0.697. The minimum absolute atomic E-state index is 0.697. The van der Waals surface area contributed by atoms with Crippen molar-refractivity contribution in [3.63, 3.8) is 0 Å². The molecule has 0 aliphatic carbocycles. The summed E-state index contributed by atoms with van der Waals surface area (Å²) in [4.78, 5) is 0. The van der Waals surface area contributed by atoms with E-state index < -0.39 is 0 Å². The third-order valence-electron chi connectivity index (χ3n) is 3.49. The van der Waals surface area contributed by atoms with Gasteiger partial charge >= 0.3 is 0 Å².